The number of aliphatic carboxylic acids is 1. The Kier molecular flexibility index (Phi) is 5.95. The lowest BCUT2D eigenvalue weighted by Crippen LogP contribution is -2.35. The van der Waals surface area contributed by atoms with Crippen LogP contribution in [0, 0.1) is 17.8 Å². The van der Waals surface area contributed by atoms with E-state index in [1.807, 2.05) is 13.8 Å². The van der Waals surface area contributed by atoms with Crippen molar-refractivity contribution in [3.05, 3.63) is 11.9 Å². The minimum atomic E-state index is -4.80. The van der Waals surface area contributed by atoms with E-state index in [2.05, 4.69) is 10.4 Å². The van der Waals surface area contributed by atoms with Crippen LogP contribution >= 0.6 is 0 Å². The van der Waals surface area contributed by atoms with Gasteiger partial charge in [-0.15, -0.1) is 0 Å². The second kappa shape index (κ2) is 7.69. The Balaban J connectivity index is 2.17. The monoisotopic (exact) mass is 398 g/mol. The number of halogens is 5. The van der Waals surface area contributed by atoms with Crippen LogP contribution < -0.4 is 5.32 Å². The number of alkyl halides is 5. The zero-order valence-electron chi connectivity index (χ0n) is 14.5. The van der Waals surface area contributed by atoms with Crippen molar-refractivity contribution in [3.8, 4) is 0 Å². The van der Waals surface area contributed by atoms with Crippen molar-refractivity contribution < 1.29 is 36.6 Å². The minimum absolute atomic E-state index is 0.0847. The molecule has 2 atom stereocenters. The summed E-state index contributed by atoms with van der Waals surface area (Å²) in [6.07, 6.45) is -6.62. The fraction of sp³-hybridized carbons (Fsp3) is 0.667. The number of carboxylic acid groups (broad SMARTS) is 1. The Hall–Kier alpha value is -2.40. The number of rotatable bonds is 5. The molecule has 0 saturated carbocycles. The first-order chi connectivity index (χ1) is 12.4. The van der Waals surface area contributed by atoms with Crippen LogP contribution in [-0.2, 0) is 11.3 Å². The van der Waals surface area contributed by atoms with Crippen LogP contribution in [0.25, 0.3) is 0 Å². The molecular weight excluding hydrogens is 379 g/mol. The van der Waals surface area contributed by atoms with Gasteiger partial charge in [-0.3, -0.25) is 9.48 Å². The molecule has 152 valence electrons. The van der Waals surface area contributed by atoms with Gasteiger partial charge in [-0.2, -0.15) is 18.3 Å². The van der Waals surface area contributed by atoms with Gasteiger partial charge in [0.1, 0.15) is 0 Å². The van der Waals surface area contributed by atoms with Crippen LogP contribution in [0.15, 0.2) is 6.20 Å². The highest BCUT2D eigenvalue weighted by atomic mass is 19.4. The van der Waals surface area contributed by atoms with Crippen LogP contribution in [0.4, 0.5) is 32.4 Å². The fourth-order valence-corrected chi connectivity index (χ4v) is 2.91. The number of nitrogens with zero attached hydrogens (tertiary/aromatic N) is 3. The molecule has 2 heterocycles. The second-order valence-electron chi connectivity index (χ2n) is 6.77. The van der Waals surface area contributed by atoms with Crippen molar-refractivity contribution >= 4 is 17.7 Å². The van der Waals surface area contributed by atoms with Gasteiger partial charge in [0.25, 0.3) is 6.43 Å². The van der Waals surface area contributed by atoms with E-state index in [1.165, 1.54) is 10.9 Å². The summed E-state index contributed by atoms with van der Waals surface area (Å²) >= 11 is 0. The molecule has 12 heteroatoms. The molecule has 1 aromatic rings. The summed E-state index contributed by atoms with van der Waals surface area (Å²) in [5.74, 6) is -5.62. The molecule has 2 amide bonds. The molecule has 0 unspecified atom stereocenters. The van der Waals surface area contributed by atoms with Crippen LogP contribution in [0.1, 0.15) is 26.0 Å². The first kappa shape index (κ1) is 20.9. The molecule has 0 spiro atoms. The van der Waals surface area contributed by atoms with E-state index in [9.17, 15) is 31.5 Å². The Morgan fingerprint density at radius 2 is 1.96 bits per heavy atom. The number of amides is 2. The van der Waals surface area contributed by atoms with Gasteiger partial charge in [-0.25, -0.2) is 13.6 Å². The van der Waals surface area contributed by atoms with Gasteiger partial charge in [0.15, 0.2) is 5.69 Å². The predicted octanol–water partition coefficient (Wildman–Crippen LogP) is 3.20. The maximum absolute atomic E-state index is 13.1. The van der Waals surface area contributed by atoms with Crippen LogP contribution in [0.2, 0.25) is 0 Å². The Bertz CT molecular complexity index is 704. The van der Waals surface area contributed by atoms with Gasteiger partial charge in [-0.05, 0) is 5.92 Å². The predicted molar refractivity (Wildman–Crippen MR) is 83.3 cm³/mol. The highest BCUT2D eigenvalue weighted by Gasteiger charge is 2.53. The van der Waals surface area contributed by atoms with E-state index in [0.29, 0.717) is 11.4 Å². The number of carbonyl (C=O) groups excluding carboxylic acids is 1. The van der Waals surface area contributed by atoms with Gasteiger partial charge in [0, 0.05) is 25.8 Å². The average molecular weight is 398 g/mol. The van der Waals surface area contributed by atoms with Crippen molar-refractivity contribution in [1.82, 2.24) is 14.7 Å². The number of nitrogens with one attached hydrogen (secondary N) is 1. The second-order valence-corrected chi connectivity index (χ2v) is 6.77. The summed E-state index contributed by atoms with van der Waals surface area (Å²) in [5.41, 5.74) is -1.02. The standard InChI is InChI=1S/C15H19F5N4O3/c1-7(2)3-24-6-10(11(22-24)12(16)17)21-14(27)23-4-8(13(25)26)9(5-23)15(18,19)20/h6-9,12H,3-5H2,1-2H3,(H,21,27)(H,25,26)/t8-,9-/m1/s1. The lowest BCUT2D eigenvalue weighted by molar-refractivity contribution is -0.187. The normalized spacial score (nSPS) is 20.6. The number of carbonyl (C=O) groups is 2. The summed E-state index contributed by atoms with van der Waals surface area (Å²) in [6, 6.07) is -1.08. The van der Waals surface area contributed by atoms with E-state index in [0.717, 1.165) is 0 Å². The van der Waals surface area contributed by atoms with E-state index in [4.69, 9.17) is 5.11 Å². The number of aromatic nitrogens is 2. The lowest BCUT2D eigenvalue weighted by atomic mass is 9.96. The van der Waals surface area contributed by atoms with Gasteiger partial charge >= 0.3 is 18.2 Å². The SMILES string of the molecule is CC(C)Cn1cc(NC(=O)N2C[C@@H](C(F)(F)F)[C@H](C(=O)O)C2)c(C(F)F)n1. The van der Waals surface area contributed by atoms with Gasteiger partial charge in [0.2, 0.25) is 0 Å². The number of urea groups is 1. The van der Waals surface area contributed by atoms with Crippen molar-refractivity contribution in [2.75, 3.05) is 18.4 Å². The average Bonchev–Trinajstić information content (AvgIpc) is 3.10. The van der Waals surface area contributed by atoms with Crippen LogP contribution in [0.3, 0.4) is 0 Å². The molecule has 2 N–H and O–H groups in total. The third-order valence-electron chi connectivity index (χ3n) is 4.14. The molecule has 0 aromatic carbocycles. The van der Waals surface area contributed by atoms with Gasteiger partial charge < -0.3 is 15.3 Å². The fourth-order valence-electron chi connectivity index (χ4n) is 2.91. The minimum Gasteiger partial charge on any atom is -0.481 e. The van der Waals surface area contributed by atoms with E-state index >= 15 is 0 Å². The van der Waals surface area contributed by atoms with E-state index in [1.54, 1.807) is 0 Å². The zero-order valence-corrected chi connectivity index (χ0v) is 14.5. The number of likely N-dealkylation sites (tertiary alicyclic amines) is 1. The maximum Gasteiger partial charge on any atom is 0.394 e. The van der Waals surface area contributed by atoms with E-state index in [-0.39, 0.29) is 11.6 Å². The van der Waals surface area contributed by atoms with E-state index < -0.39 is 55.2 Å². The molecule has 27 heavy (non-hydrogen) atoms. The number of anilines is 1. The molecule has 1 aliphatic heterocycles. The summed E-state index contributed by atoms with van der Waals surface area (Å²) in [7, 11) is 0. The Labute approximate surface area is 151 Å². The molecule has 0 radical (unpaired) electrons. The molecule has 1 saturated heterocycles. The summed E-state index contributed by atoms with van der Waals surface area (Å²) in [4.78, 5) is 24.0. The maximum atomic E-state index is 13.1. The van der Waals surface area contributed by atoms with Gasteiger partial charge in [0.05, 0.1) is 17.5 Å². The van der Waals surface area contributed by atoms with Gasteiger partial charge in [-0.1, -0.05) is 13.8 Å². The molecule has 7 nitrogen and oxygen atoms in total. The molecule has 1 aromatic heterocycles. The van der Waals surface area contributed by atoms with Crippen LogP contribution in [0.5, 0.6) is 0 Å². The molecule has 1 fully saturated rings. The zero-order chi connectivity index (χ0) is 20.5. The summed E-state index contributed by atoms with van der Waals surface area (Å²) < 4.78 is 66.4. The molecule has 0 bridgehead atoms. The highest BCUT2D eigenvalue weighted by Crippen LogP contribution is 2.38. The first-order valence-electron chi connectivity index (χ1n) is 8.11. The summed E-state index contributed by atoms with van der Waals surface area (Å²) in [6.45, 7) is 2.42. The topological polar surface area (TPSA) is 87.5 Å². The third-order valence-corrected chi connectivity index (χ3v) is 4.14. The smallest absolute Gasteiger partial charge is 0.394 e. The molecule has 0 aliphatic carbocycles. The Morgan fingerprint density at radius 3 is 2.41 bits per heavy atom. The number of hydrogen-bond acceptors (Lipinski definition) is 3. The molecular formula is C15H19F5N4O3. The van der Waals surface area contributed by atoms with Crippen molar-refractivity contribution in [2.24, 2.45) is 17.8 Å². The molecule has 2 rings (SSSR count). The lowest BCUT2D eigenvalue weighted by Gasteiger charge is -2.18. The highest BCUT2D eigenvalue weighted by molar-refractivity contribution is 5.90. The van der Waals surface area contributed by atoms with Crippen molar-refractivity contribution in [1.29, 1.82) is 0 Å². The largest absolute Gasteiger partial charge is 0.481 e. The van der Waals surface area contributed by atoms with Crippen molar-refractivity contribution in [2.45, 2.75) is 33.0 Å². The number of hydrogen-bond donors (Lipinski definition) is 2. The molecule has 1 aliphatic rings. The number of carboxylic acids is 1. The van der Waals surface area contributed by atoms with Crippen molar-refractivity contribution in [3.63, 3.8) is 0 Å². The quantitative estimate of drug-likeness (QED) is 0.746. The third kappa shape index (κ3) is 4.86. The van der Waals surface area contributed by atoms with Crippen LogP contribution in [-0.4, -0.2) is 51.1 Å². The Morgan fingerprint density at radius 1 is 1.33 bits per heavy atom. The summed E-state index contributed by atoms with van der Waals surface area (Å²) in [5, 5.41) is 14.8. The first-order valence-corrected chi connectivity index (χ1v) is 8.11.